The number of benzene rings is 2. The second-order valence-electron chi connectivity index (χ2n) is 7.71. The van der Waals surface area contributed by atoms with Gasteiger partial charge in [0.05, 0.1) is 5.75 Å². The van der Waals surface area contributed by atoms with Gasteiger partial charge in [-0.2, -0.15) is 0 Å². The quantitative estimate of drug-likeness (QED) is 0.692. The van der Waals surface area contributed by atoms with E-state index in [-0.39, 0.29) is 17.1 Å². The van der Waals surface area contributed by atoms with Crippen LogP contribution >= 0.6 is 11.6 Å². The first-order chi connectivity index (χ1) is 13.3. The number of nitrogens with two attached hydrogens (primary N) is 1. The Morgan fingerprint density at radius 2 is 1.86 bits per heavy atom. The molecule has 6 heteroatoms. The summed E-state index contributed by atoms with van der Waals surface area (Å²) in [6.07, 6.45) is 3.39. The van der Waals surface area contributed by atoms with Gasteiger partial charge in [0.25, 0.3) is 0 Å². The van der Waals surface area contributed by atoms with Crippen molar-refractivity contribution < 1.29 is 8.42 Å². The molecule has 0 radical (unpaired) electrons. The predicted octanol–water partition coefficient (Wildman–Crippen LogP) is 4.29. The van der Waals surface area contributed by atoms with Gasteiger partial charge in [-0.15, -0.1) is 0 Å². The number of halogens is 1. The molecule has 1 atom stereocenters. The average Bonchev–Trinajstić information content (AvgIpc) is 2.65. The van der Waals surface area contributed by atoms with Crippen LogP contribution in [-0.2, 0) is 22.0 Å². The fraction of sp³-hybridized carbons (Fsp3) is 0.455. The van der Waals surface area contributed by atoms with Gasteiger partial charge in [0.2, 0.25) is 10.0 Å². The normalized spacial score (nSPS) is 17.3. The van der Waals surface area contributed by atoms with Gasteiger partial charge in [0.15, 0.2) is 0 Å². The van der Waals surface area contributed by atoms with E-state index >= 15 is 0 Å². The minimum absolute atomic E-state index is 0.0271. The Kier molecular flexibility index (Phi) is 6.50. The van der Waals surface area contributed by atoms with Gasteiger partial charge < -0.3 is 5.73 Å². The van der Waals surface area contributed by atoms with Crippen molar-refractivity contribution in [3.63, 3.8) is 0 Å². The summed E-state index contributed by atoms with van der Waals surface area (Å²) in [4.78, 5) is 0. The summed E-state index contributed by atoms with van der Waals surface area (Å²) in [5.74, 6) is 0.296. The molecule has 0 heterocycles. The molecule has 3 rings (SSSR count). The SMILES string of the molecule is CCS(=O)(=O)N(C)Cc1cccc(C(CN)C2(c3ccc(Cl)cc3)CCC2)c1. The fourth-order valence-corrected chi connectivity index (χ4v) is 5.26. The summed E-state index contributed by atoms with van der Waals surface area (Å²) in [6.45, 7) is 2.59. The summed E-state index contributed by atoms with van der Waals surface area (Å²) in [5, 5.41) is 0.740. The van der Waals surface area contributed by atoms with Gasteiger partial charge in [-0.05, 0) is 48.6 Å². The zero-order chi connectivity index (χ0) is 20.4. The Labute approximate surface area is 173 Å². The molecule has 1 unspecified atom stereocenters. The van der Waals surface area contributed by atoms with Crippen LogP contribution < -0.4 is 5.73 Å². The van der Waals surface area contributed by atoms with Crippen molar-refractivity contribution >= 4 is 21.6 Å². The molecule has 1 fully saturated rings. The summed E-state index contributed by atoms with van der Waals surface area (Å²) in [7, 11) is -1.58. The molecule has 4 nitrogen and oxygen atoms in total. The molecule has 0 amide bonds. The third-order valence-corrected chi connectivity index (χ3v) is 8.23. The summed E-state index contributed by atoms with van der Waals surface area (Å²) >= 11 is 6.09. The fourth-order valence-electron chi connectivity index (χ4n) is 4.34. The Hall–Kier alpha value is -1.40. The molecule has 1 saturated carbocycles. The second-order valence-corrected chi connectivity index (χ2v) is 10.5. The van der Waals surface area contributed by atoms with Crippen LogP contribution in [0.25, 0.3) is 0 Å². The lowest BCUT2D eigenvalue weighted by atomic mass is 9.56. The summed E-state index contributed by atoms with van der Waals surface area (Å²) in [6, 6.07) is 16.4. The molecule has 0 aromatic heterocycles. The third kappa shape index (κ3) is 4.13. The molecule has 0 bridgehead atoms. The molecule has 2 aromatic carbocycles. The van der Waals surface area contributed by atoms with Crippen LogP contribution in [0.4, 0.5) is 0 Å². The highest BCUT2D eigenvalue weighted by atomic mass is 35.5. The number of hydrogen-bond donors (Lipinski definition) is 1. The summed E-state index contributed by atoms with van der Waals surface area (Å²) in [5.41, 5.74) is 9.76. The Balaban J connectivity index is 1.91. The highest BCUT2D eigenvalue weighted by Gasteiger charge is 2.45. The second kappa shape index (κ2) is 8.54. The van der Waals surface area contributed by atoms with E-state index in [9.17, 15) is 8.42 Å². The zero-order valence-electron chi connectivity index (χ0n) is 16.6. The van der Waals surface area contributed by atoms with Crippen LogP contribution in [0, 0.1) is 0 Å². The molecular formula is C22H29ClN2O2S. The van der Waals surface area contributed by atoms with Crippen molar-refractivity contribution in [1.29, 1.82) is 0 Å². The first kappa shape index (κ1) is 21.3. The lowest BCUT2D eigenvalue weighted by Crippen LogP contribution is -2.43. The maximum Gasteiger partial charge on any atom is 0.213 e. The Bertz CT molecular complexity index is 908. The van der Waals surface area contributed by atoms with E-state index in [1.54, 1.807) is 14.0 Å². The molecule has 1 aliphatic rings. The van der Waals surface area contributed by atoms with Crippen LogP contribution in [0.5, 0.6) is 0 Å². The number of sulfonamides is 1. The first-order valence-electron chi connectivity index (χ1n) is 9.81. The van der Waals surface area contributed by atoms with E-state index in [1.165, 1.54) is 21.9 Å². The number of rotatable bonds is 8. The lowest BCUT2D eigenvalue weighted by molar-refractivity contribution is 0.196. The highest BCUT2D eigenvalue weighted by Crippen LogP contribution is 2.53. The predicted molar refractivity (Wildman–Crippen MR) is 116 cm³/mol. The maximum absolute atomic E-state index is 12.1. The minimum Gasteiger partial charge on any atom is -0.330 e. The molecule has 2 N–H and O–H groups in total. The molecule has 28 heavy (non-hydrogen) atoms. The minimum atomic E-state index is -3.21. The van der Waals surface area contributed by atoms with E-state index in [4.69, 9.17) is 17.3 Å². The van der Waals surface area contributed by atoms with Gasteiger partial charge in [-0.1, -0.05) is 54.4 Å². The van der Waals surface area contributed by atoms with Crippen LogP contribution in [0.2, 0.25) is 5.02 Å². The first-order valence-corrected chi connectivity index (χ1v) is 11.8. The largest absolute Gasteiger partial charge is 0.330 e. The Morgan fingerprint density at radius 3 is 2.39 bits per heavy atom. The Morgan fingerprint density at radius 1 is 1.18 bits per heavy atom. The molecule has 1 aliphatic carbocycles. The van der Waals surface area contributed by atoms with E-state index < -0.39 is 10.0 Å². The summed E-state index contributed by atoms with van der Waals surface area (Å²) < 4.78 is 25.6. The van der Waals surface area contributed by atoms with Gasteiger partial charge in [-0.3, -0.25) is 0 Å². The molecular weight excluding hydrogens is 392 g/mol. The third-order valence-electron chi connectivity index (χ3n) is 6.17. The monoisotopic (exact) mass is 420 g/mol. The highest BCUT2D eigenvalue weighted by molar-refractivity contribution is 7.89. The standard InChI is InChI=1S/C22H29ClN2O2S/c1-3-28(26,27)25(2)16-17-6-4-7-18(14-17)21(15-24)22(12-5-13-22)19-8-10-20(23)11-9-19/h4,6-11,14,21H,3,5,12-13,15-16,24H2,1-2H3. The van der Waals surface area contributed by atoms with Crippen molar-refractivity contribution in [2.75, 3.05) is 19.3 Å². The molecule has 0 saturated heterocycles. The van der Waals surface area contributed by atoms with Crippen LogP contribution in [0.15, 0.2) is 48.5 Å². The number of hydrogen-bond acceptors (Lipinski definition) is 3. The van der Waals surface area contributed by atoms with Crippen molar-refractivity contribution in [2.45, 2.75) is 44.1 Å². The topological polar surface area (TPSA) is 63.4 Å². The van der Waals surface area contributed by atoms with Gasteiger partial charge >= 0.3 is 0 Å². The van der Waals surface area contributed by atoms with E-state index in [1.807, 2.05) is 24.3 Å². The lowest BCUT2D eigenvalue weighted by Gasteiger charge is -2.48. The van der Waals surface area contributed by atoms with E-state index in [0.29, 0.717) is 13.1 Å². The molecule has 0 aliphatic heterocycles. The van der Waals surface area contributed by atoms with E-state index in [0.717, 1.165) is 23.4 Å². The van der Waals surface area contributed by atoms with Crippen molar-refractivity contribution in [3.05, 3.63) is 70.2 Å². The molecule has 0 spiro atoms. The van der Waals surface area contributed by atoms with Crippen LogP contribution in [0.3, 0.4) is 0 Å². The molecule has 2 aromatic rings. The van der Waals surface area contributed by atoms with Crippen LogP contribution in [-0.4, -0.2) is 32.1 Å². The van der Waals surface area contributed by atoms with E-state index in [2.05, 4.69) is 24.3 Å². The molecule has 152 valence electrons. The van der Waals surface area contributed by atoms with Gasteiger partial charge in [0.1, 0.15) is 0 Å². The van der Waals surface area contributed by atoms with Gasteiger partial charge in [0, 0.05) is 36.5 Å². The average molecular weight is 421 g/mol. The van der Waals surface area contributed by atoms with Crippen molar-refractivity contribution in [2.24, 2.45) is 5.73 Å². The number of nitrogens with zero attached hydrogens (tertiary/aromatic N) is 1. The smallest absolute Gasteiger partial charge is 0.213 e. The van der Waals surface area contributed by atoms with Gasteiger partial charge in [-0.25, -0.2) is 12.7 Å². The van der Waals surface area contributed by atoms with Crippen molar-refractivity contribution in [1.82, 2.24) is 4.31 Å². The van der Waals surface area contributed by atoms with Crippen molar-refractivity contribution in [3.8, 4) is 0 Å². The van der Waals surface area contributed by atoms with Crippen LogP contribution in [0.1, 0.15) is 48.8 Å². The zero-order valence-corrected chi connectivity index (χ0v) is 18.1. The maximum atomic E-state index is 12.1.